The smallest absolute Gasteiger partial charge is 0.234 e. The molecule has 1 aromatic carbocycles. The SMILES string of the molecule is COCCNCC(=O)NC(c1ccc2c(c1)OCCO2)C(C)C. The van der Waals surface area contributed by atoms with Crippen LogP contribution in [0.1, 0.15) is 25.5 Å². The summed E-state index contributed by atoms with van der Waals surface area (Å²) in [6, 6.07) is 5.78. The van der Waals surface area contributed by atoms with Crippen molar-refractivity contribution in [2.75, 3.05) is 40.0 Å². The van der Waals surface area contributed by atoms with E-state index in [0.29, 0.717) is 26.4 Å². The zero-order valence-electron chi connectivity index (χ0n) is 14.1. The molecule has 2 rings (SSSR count). The number of rotatable bonds is 8. The summed E-state index contributed by atoms with van der Waals surface area (Å²) >= 11 is 0. The van der Waals surface area contributed by atoms with E-state index in [0.717, 1.165) is 17.1 Å². The predicted molar refractivity (Wildman–Crippen MR) is 87.9 cm³/mol. The molecule has 1 unspecified atom stereocenters. The summed E-state index contributed by atoms with van der Waals surface area (Å²) in [5.41, 5.74) is 1.02. The normalized spacial score (nSPS) is 14.6. The van der Waals surface area contributed by atoms with Crippen molar-refractivity contribution in [3.05, 3.63) is 23.8 Å². The summed E-state index contributed by atoms with van der Waals surface area (Å²) in [7, 11) is 1.64. The summed E-state index contributed by atoms with van der Waals surface area (Å²) in [4.78, 5) is 12.1. The molecule has 6 nitrogen and oxygen atoms in total. The molecule has 1 aliphatic heterocycles. The molecule has 0 fully saturated rings. The van der Waals surface area contributed by atoms with E-state index >= 15 is 0 Å². The summed E-state index contributed by atoms with van der Waals surface area (Å²) in [6.07, 6.45) is 0. The van der Waals surface area contributed by atoms with Gasteiger partial charge in [0, 0.05) is 13.7 Å². The first-order chi connectivity index (χ1) is 11.1. The molecule has 1 aliphatic rings. The van der Waals surface area contributed by atoms with Crippen molar-refractivity contribution >= 4 is 5.91 Å². The Morgan fingerprint density at radius 1 is 1.26 bits per heavy atom. The van der Waals surface area contributed by atoms with E-state index in [9.17, 15) is 4.79 Å². The van der Waals surface area contributed by atoms with E-state index in [1.807, 2.05) is 18.2 Å². The second-order valence-corrected chi connectivity index (χ2v) is 5.86. The van der Waals surface area contributed by atoms with Crippen LogP contribution in [0.15, 0.2) is 18.2 Å². The molecule has 0 spiro atoms. The summed E-state index contributed by atoms with van der Waals surface area (Å²) in [5, 5.41) is 6.13. The molecule has 0 bridgehead atoms. The number of amides is 1. The van der Waals surface area contributed by atoms with Crippen molar-refractivity contribution in [2.24, 2.45) is 5.92 Å². The minimum atomic E-state index is -0.0671. The fraction of sp³-hybridized carbons (Fsp3) is 0.588. The largest absolute Gasteiger partial charge is 0.486 e. The maximum atomic E-state index is 12.1. The van der Waals surface area contributed by atoms with Gasteiger partial charge in [-0.25, -0.2) is 0 Å². The van der Waals surface area contributed by atoms with Gasteiger partial charge in [0.1, 0.15) is 13.2 Å². The van der Waals surface area contributed by atoms with Gasteiger partial charge in [0.25, 0.3) is 0 Å². The van der Waals surface area contributed by atoms with Crippen molar-refractivity contribution in [1.82, 2.24) is 10.6 Å². The van der Waals surface area contributed by atoms with Crippen molar-refractivity contribution in [2.45, 2.75) is 19.9 Å². The third-order valence-electron chi connectivity index (χ3n) is 3.68. The van der Waals surface area contributed by atoms with Crippen LogP contribution < -0.4 is 20.1 Å². The molecule has 0 saturated heterocycles. The first kappa shape index (κ1) is 17.6. The number of carbonyl (C=O) groups is 1. The number of ether oxygens (including phenoxy) is 3. The van der Waals surface area contributed by atoms with Crippen LogP contribution in [0.4, 0.5) is 0 Å². The number of hydrogen-bond donors (Lipinski definition) is 2. The fourth-order valence-electron chi connectivity index (χ4n) is 2.49. The molecule has 2 N–H and O–H groups in total. The average Bonchev–Trinajstić information content (AvgIpc) is 2.56. The van der Waals surface area contributed by atoms with Gasteiger partial charge in [-0.1, -0.05) is 19.9 Å². The Morgan fingerprint density at radius 3 is 2.70 bits per heavy atom. The van der Waals surface area contributed by atoms with E-state index in [1.54, 1.807) is 7.11 Å². The molecular weight excluding hydrogens is 296 g/mol. The van der Waals surface area contributed by atoms with Gasteiger partial charge in [0.05, 0.1) is 19.2 Å². The number of methoxy groups -OCH3 is 1. The Morgan fingerprint density at radius 2 is 2.00 bits per heavy atom. The van der Waals surface area contributed by atoms with E-state index in [-0.39, 0.29) is 24.4 Å². The lowest BCUT2D eigenvalue weighted by Gasteiger charge is -2.25. The molecule has 0 aromatic heterocycles. The van der Waals surface area contributed by atoms with E-state index in [1.165, 1.54) is 0 Å². The fourth-order valence-corrected chi connectivity index (χ4v) is 2.49. The Bertz CT molecular complexity index is 519. The monoisotopic (exact) mass is 322 g/mol. The number of carbonyl (C=O) groups excluding carboxylic acids is 1. The topological polar surface area (TPSA) is 68.8 Å². The van der Waals surface area contributed by atoms with E-state index < -0.39 is 0 Å². The standard InChI is InChI=1S/C17H26N2O4/c1-12(2)17(19-16(20)11-18-6-7-21-3)13-4-5-14-15(10-13)23-9-8-22-14/h4-5,10,12,17-18H,6-9,11H2,1-3H3,(H,19,20). The zero-order chi connectivity index (χ0) is 16.7. The Balaban J connectivity index is 1.99. The minimum absolute atomic E-state index is 0.0327. The van der Waals surface area contributed by atoms with Gasteiger partial charge in [-0.15, -0.1) is 0 Å². The number of hydrogen-bond acceptors (Lipinski definition) is 5. The van der Waals surface area contributed by atoms with Crippen LogP contribution in [0.3, 0.4) is 0 Å². The molecule has 1 amide bonds. The maximum absolute atomic E-state index is 12.1. The molecule has 1 aromatic rings. The van der Waals surface area contributed by atoms with Gasteiger partial charge < -0.3 is 24.8 Å². The van der Waals surface area contributed by atoms with Crippen LogP contribution in [-0.4, -0.2) is 45.9 Å². The summed E-state index contributed by atoms with van der Waals surface area (Å²) in [6.45, 7) is 6.81. The lowest BCUT2D eigenvalue weighted by molar-refractivity contribution is -0.121. The van der Waals surface area contributed by atoms with E-state index in [2.05, 4.69) is 24.5 Å². The molecule has 6 heteroatoms. The van der Waals surface area contributed by atoms with E-state index in [4.69, 9.17) is 14.2 Å². The van der Waals surface area contributed by atoms with Crippen LogP contribution in [0.5, 0.6) is 11.5 Å². The summed E-state index contributed by atoms with van der Waals surface area (Å²) in [5.74, 6) is 1.73. The minimum Gasteiger partial charge on any atom is -0.486 e. The Hall–Kier alpha value is -1.79. The van der Waals surface area contributed by atoms with Crippen molar-refractivity contribution in [3.63, 3.8) is 0 Å². The van der Waals surface area contributed by atoms with Crippen molar-refractivity contribution in [1.29, 1.82) is 0 Å². The van der Waals surface area contributed by atoms with Gasteiger partial charge in [-0.05, 0) is 23.6 Å². The number of nitrogens with one attached hydrogen (secondary N) is 2. The second-order valence-electron chi connectivity index (χ2n) is 5.86. The highest BCUT2D eigenvalue weighted by Crippen LogP contribution is 2.34. The molecule has 0 saturated carbocycles. The van der Waals surface area contributed by atoms with Gasteiger partial charge >= 0.3 is 0 Å². The predicted octanol–water partition coefficient (Wildman–Crippen LogP) is 1.51. The van der Waals surface area contributed by atoms with Crippen LogP contribution >= 0.6 is 0 Å². The molecule has 1 heterocycles. The second kappa shape index (κ2) is 8.74. The zero-order valence-corrected chi connectivity index (χ0v) is 14.1. The quantitative estimate of drug-likeness (QED) is 0.710. The first-order valence-corrected chi connectivity index (χ1v) is 8.00. The molecule has 1 atom stereocenters. The lowest BCUT2D eigenvalue weighted by atomic mass is 9.95. The molecular formula is C17H26N2O4. The Kier molecular flexibility index (Phi) is 6.67. The van der Waals surface area contributed by atoms with Gasteiger partial charge in [-0.2, -0.15) is 0 Å². The maximum Gasteiger partial charge on any atom is 0.234 e. The third-order valence-corrected chi connectivity index (χ3v) is 3.68. The molecule has 0 radical (unpaired) electrons. The van der Waals surface area contributed by atoms with Crippen molar-refractivity contribution in [3.8, 4) is 11.5 Å². The van der Waals surface area contributed by atoms with Gasteiger partial charge in [-0.3, -0.25) is 4.79 Å². The van der Waals surface area contributed by atoms with Crippen LogP contribution in [0.25, 0.3) is 0 Å². The van der Waals surface area contributed by atoms with Crippen LogP contribution in [-0.2, 0) is 9.53 Å². The lowest BCUT2D eigenvalue weighted by Crippen LogP contribution is -2.39. The van der Waals surface area contributed by atoms with Crippen LogP contribution in [0, 0.1) is 5.92 Å². The Labute approximate surface area is 137 Å². The van der Waals surface area contributed by atoms with Gasteiger partial charge in [0.2, 0.25) is 5.91 Å². The molecule has 23 heavy (non-hydrogen) atoms. The first-order valence-electron chi connectivity index (χ1n) is 8.00. The number of fused-ring (bicyclic) bond motifs is 1. The number of benzene rings is 1. The molecule has 0 aliphatic carbocycles. The van der Waals surface area contributed by atoms with Gasteiger partial charge in [0.15, 0.2) is 11.5 Å². The van der Waals surface area contributed by atoms with Crippen molar-refractivity contribution < 1.29 is 19.0 Å². The third kappa shape index (κ3) is 5.11. The van der Waals surface area contributed by atoms with Crippen LogP contribution in [0.2, 0.25) is 0 Å². The highest BCUT2D eigenvalue weighted by atomic mass is 16.6. The summed E-state index contributed by atoms with van der Waals surface area (Å²) < 4.78 is 16.1. The molecule has 128 valence electrons. The highest BCUT2D eigenvalue weighted by Gasteiger charge is 2.21. The highest BCUT2D eigenvalue weighted by molar-refractivity contribution is 5.78. The average molecular weight is 322 g/mol.